The molecule has 0 saturated carbocycles. The standard InChI is InChI=1S/C35H47O9PS/c1-7-44-45(6,39)23-10-24-46-33(29-13-17-31(18-14-29)41-20-9-22-43-35(38)27(4)5)25-32(36)28-11-15-30(16-12-28)40-19-8-21-42-34(37)26(2)3/h11-18,33H,2,4,7-10,19-25H2,1,3,5-6H3. The van der Waals surface area contributed by atoms with Crippen LogP contribution in [0.3, 0.4) is 0 Å². The number of carbonyl (C=O) groups is 3. The molecule has 2 atom stereocenters. The monoisotopic (exact) mass is 674 g/mol. The molecular formula is C35H47O9PS. The molecule has 11 heteroatoms. The van der Waals surface area contributed by atoms with E-state index in [0.717, 1.165) is 11.3 Å². The third-order valence-electron chi connectivity index (χ3n) is 6.51. The van der Waals surface area contributed by atoms with Gasteiger partial charge < -0.3 is 23.5 Å². The summed E-state index contributed by atoms with van der Waals surface area (Å²) < 4.78 is 39.6. The molecule has 2 aromatic carbocycles. The highest BCUT2D eigenvalue weighted by Crippen LogP contribution is 2.44. The number of hydrogen-bond donors (Lipinski definition) is 0. The van der Waals surface area contributed by atoms with Gasteiger partial charge in [-0.3, -0.25) is 9.36 Å². The van der Waals surface area contributed by atoms with Crippen LogP contribution in [0.1, 0.15) is 67.6 Å². The molecule has 0 amide bonds. The number of carbonyl (C=O) groups excluding carboxylic acids is 3. The average Bonchev–Trinajstić information content (AvgIpc) is 3.02. The van der Waals surface area contributed by atoms with Crippen LogP contribution in [-0.4, -0.2) is 69.3 Å². The van der Waals surface area contributed by atoms with Crippen molar-refractivity contribution in [3.05, 3.63) is 84.0 Å². The van der Waals surface area contributed by atoms with Gasteiger partial charge in [-0.25, -0.2) is 9.59 Å². The summed E-state index contributed by atoms with van der Waals surface area (Å²) >= 11 is 1.65. The predicted molar refractivity (Wildman–Crippen MR) is 183 cm³/mol. The second-order valence-electron chi connectivity index (χ2n) is 10.8. The van der Waals surface area contributed by atoms with Crippen molar-refractivity contribution < 1.29 is 42.4 Å². The van der Waals surface area contributed by atoms with Crippen LogP contribution in [0.15, 0.2) is 72.8 Å². The lowest BCUT2D eigenvalue weighted by atomic mass is 10.0. The van der Waals surface area contributed by atoms with E-state index in [9.17, 15) is 18.9 Å². The Morgan fingerprint density at radius 3 is 1.76 bits per heavy atom. The van der Waals surface area contributed by atoms with Gasteiger partial charge in [0.05, 0.1) is 33.0 Å². The smallest absolute Gasteiger partial charge is 0.333 e. The zero-order valence-electron chi connectivity index (χ0n) is 27.4. The van der Waals surface area contributed by atoms with E-state index in [1.807, 2.05) is 31.2 Å². The van der Waals surface area contributed by atoms with Crippen LogP contribution in [0, 0.1) is 0 Å². The van der Waals surface area contributed by atoms with Crippen LogP contribution >= 0.6 is 19.1 Å². The lowest BCUT2D eigenvalue weighted by Crippen LogP contribution is -2.09. The summed E-state index contributed by atoms with van der Waals surface area (Å²) in [7, 11) is -2.62. The van der Waals surface area contributed by atoms with Crippen LogP contribution in [0.25, 0.3) is 0 Å². The van der Waals surface area contributed by atoms with Crippen molar-refractivity contribution in [2.45, 2.75) is 51.7 Å². The number of ketones is 1. The molecule has 2 unspecified atom stereocenters. The first-order chi connectivity index (χ1) is 21.9. The molecule has 0 radical (unpaired) electrons. The zero-order chi connectivity index (χ0) is 34.0. The third kappa shape index (κ3) is 15.3. The summed E-state index contributed by atoms with van der Waals surface area (Å²) in [4.78, 5) is 36.3. The first kappa shape index (κ1) is 38.9. The molecule has 0 heterocycles. The normalized spacial score (nSPS) is 12.8. The molecular weight excluding hydrogens is 627 g/mol. The van der Waals surface area contributed by atoms with Gasteiger partial charge in [-0.05, 0) is 74.9 Å². The van der Waals surface area contributed by atoms with E-state index in [4.69, 9.17) is 23.5 Å². The summed E-state index contributed by atoms with van der Waals surface area (Å²) in [5, 5.41) is -0.121. The van der Waals surface area contributed by atoms with Crippen molar-refractivity contribution in [3.63, 3.8) is 0 Å². The molecule has 0 aliphatic heterocycles. The third-order valence-corrected chi connectivity index (χ3v) is 9.81. The number of benzene rings is 2. The summed E-state index contributed by atoms with van der Waals surface area (Å²) in [5.74, 6) is 1.18. The fourth-order valence-electron chi connectivity index (χ4n) is 4.06. The Morgan fingerprint density at radius 2 is 1.28 bits per heavy atom. The molecule has 46 heavy (non-hydrogen) atoms. The Morgan fingerprint density at radius 1 is 0.783 bits per heavy atom. The summed E-state index contributed by atoms with van der Waals surface area (Å²) in [6.07, 6.45) is 2.55. The van der Waals surface area contributed by atoms with Gasteiger partial charge in [0.1, 0.15) is 11.5 Å². The summed E-state index contributed by atoms with van der Waals surface area (Å²) in [6.45, 7) is 15.5. The van der Waals surface area contributed by atoms with Crippen molar-refractivity contribution in [1.82, 2.24) is 0 Å². The highest BCUT2D eigenvalue weighted by Gasteiger charge is 2.20. The van der Waals surface area contributed by atoms with Crippen LogP contribution < -0.4 is 9.47 Å². The van der Waals surface area contributed by atoms with Crippen LogP contribution in [0.5, 0.6) is 11.5 Å². The van der Waals surface area contributed by atoms with Crippen molar-refractivity contribution in [3.8, 4) is 11.5 Å². The van der Waals surface area contributed by atoms with Crippen molar-refractivity contribution in [2.75, 3.05) is 51.6 Å². The average molecular weight is 675 g/mol. The minimum atomic E-state index is -2.62. The quantitative estimate of drug-likeness (QED) is 0.0380. The van der Waals surface area contributed by atoms with E-state index >= 15 is 0 Å². The van der Waals surface area contributed by atoms with Crippen molar-refractivity contribution in [1.29, 1.82) is 0 Å². The van der Waals surface area contributed by atoms with E-state index in [2.05, 4.69) is 13.2 Å². The summed E-state index contributed by atoms with van der Waals surface area (Å²) in [5.41, 5.74) is 2.28. The lowest BCUT2D eigenvalue weighted by molar-refractivity contribution is -0.140. The van der Waals surface area contributed by atoms with E-state index in [0.29, 0.717) is 73.5 Å². The first-order valence-electron chi connectivity index (χ1n) is 15.4. The van der Waals surface area contributed by atoms with Gasteiger partial charge in [0.15, 0.2) is 13.2 Å². The molecule has 0 bridgehead atoms. The first-order valence-corrected chi connectivity index (χ1v) is 18.7. The van der Waals surface area contributed by atoms with E-state index < -0.39 is 19.3 Å². The maximum absolute atomic E-state index is 13.4. The zero-order valence-corrected chi connectivity index (χ0v) is 29.1. The fourth-order valence-corrected chi connectivity index (χ4v) is 6.90. The second-order valence-corrected chi connectivity index (χ2v) is 14.9. The molecule has 9 nitrogen and oxygen atoms in total. The predicted octanol–water partition coefficient (Wildman–Crippen LogP) is 7.84. The maximum Gasteiger partial charge on any atom is 0.333 e. The molecule has 2 aromatic rings. The van der Waals surface area contributed by atoms with Gasteiger partial charge in [0.2, 0.25) is 0 Å². The minimum Gasteiger partial charge on any atom is -0.493 e. The molecule has 0 aromatic heterocycles. The Labute approximate surface area is 277 Å². The van der Waals surface area contributed by atoms with Gasteiger partial charge in [0, 0.05) is 54.0 Å². The Balaban J connectivity index is 1.97. The van der Waals surface area contributed by atoms with Gasteiger partial charge in [0.25, 0.3) is 0 Å². The number of thioether (sulfide) groups is 1. The molecule has 0 aliphatic rings. The van der Waals surface area contributed by atoms with Crippen LogP contribution in [-0.2, 0) is 28.2 Å². The van der Waals surface area contributed by atoms with Crippen molar-refractivity contribution in [2.24, 2.45) is 0 Å². The SMILES string of the molecule is C=C(C)C(=O)OCCCOc1ccc(C(=O)CC(SCCCP(C)(=O)OCC)c2ccc(OCCCOC(=O)C(=C)C)cc2)cc1. The van der Waals surface area contributed by atoms with Gasteiger partial charge in [-0.15, -0.1) is 0 Å². The highest BCUT2D eigenvalue weighted by atomic mass is 32.2. The number of rotatable bonds is 23. The van der Waals surface area contributed by atoms with E-state index in [1.165, 1.54) is 0 Å². The Hall–Kier alpha value is -3.33. The maximum atomic E-state index is 13.4. The number of ether oxygens (including phenoxy) is 4. The lowest BCUT2D eigenvalue weighted by Gasteiger charge is -2.18. The van der Waals surface area contributed by atoms with E-state index in [-0.39, 0.29) is 30.7 Å². The molecule has 0 spiro atoms. The Kier molecular flexibility index (Phi) is 17.5. The largest absolute Gasteiger partial charge is 0.493 e. The Bertz CT molecular complexity index is 1340. The molecule has 2 rings (SSSR count). The van der Waals surface area contributed by atoms with Gasteiger partial charge >= 0.3 is 11.9 Å². The highest BCUT2D eigenvalue weighted by molar-refractivity contribution is 7.99. The molecule has 0 aliphatic carbocycles. The second kappa shape index (κ2) is 20.7. The number of Topliss-reactive ketones (excluding diaryl/α,β-unsaturated/α-hetero) is 1. The topological polar surface area (TPSA) is 114 Å². The molecule has 252 valence electrons. The van der Waals surface area contributed by atoms with E-state index in [1.54, 1.807) is 56.5 Å². The van der Waals surface area contributed by atoms with Crippen LogP contribution in [0.2, 0.25) is 0 Å². The molecule has 0 saturated heterocycles. The van der Waals surface area contributed by atoms with Gasteiger partial charge in [-0.2, -0.15) is 11.8 Å². The fraction of sp³-hybridized carbons (Fsp3) is 0.457. The van der Waals surface area contributed by atoms with Crippen LogP contribution in [0.4, 0.5) is 0 Å². The van der Waals surface area contributed by atoms with Crippen molar-refractivity contribution >= 4 is 36.9 Å². The minimum absolute atomic E-state index is 0.00382. The summed E-state index contributed by atoms with van der Waals surface area (Å²) in [6, 6.07) is 14.7. The number of esters is 2. The van der Waals surface area contributed by atoms with Gasteiger partial charge in [-0.1, -0.05) is 25.3 Å². The number of hydrogen-bond acceptors (Lipinski definition) is 10. The molecule has 0 N–H and O–H groups in total. The molecule has 0 fully saturated rings.